The van der Waals surface area contributed by atoms with Gasteiger partial charge in [-0.05, 0) is 0 Å². The smallest absolute Gasteiger partial charge is 0.147 e. The first-order chi connectivity index (χ1) is 9.24. The van der Waals surface area contributed by atoms with E-state index in [0.717, 1.165) is 25.5 Å². The summed E-state index contributed by atoms with van der Waals surface area (Å²) in [5, 5.41) is 0. The normalized spacial score (nSPS) is 15.8. The molecule has 0 radical (unpaired) electrons. The summed E-state index contributed by atoms with van der Waals surface area (Å²) in [5.74, 6) is 3.31. The van der Waals surface area contributed by atoms with E-state index in [1.54, 1.807) is 12.4 Å². The third-order valence-electron chi connectivity index (χ3n) is 3.55. The molecule has 1 aliphatic heterocycles. The monoisotopic (exact) mass is 257 g/mol. The second kappa shape index (κ2) is 4.99. The van der Waals surface area contributed by atoms with Crippen molar-refractivity contribution in [2.75, 3.05) is 18.0 Å². The van der Waals surface area contributed by atoms with Gasteiger partial charge in [-0.2, -0.15) is 0 Å². The van der Waals surface area contributed by atoms with E-state index in [-0.39, 0.29) is 0 Å². The quantitative estimate of drug-likeness (QED) is 0.839. The maximum atomic E-state index is 4.43. The Hall–Kier alpha value is -1.91. The number of aromatic nitrogens is 4. The van der Waals surface area contributed by atoms with Gasteiger partial charge in [0, 0.05) is 56.3 Å². The lowest BCUT2D eigenvalue weighted by molar-refractivity contribution is 0.348. The Balaban J connectivity index is 1.58. The van der Waals surface area contributed by atoms with Gasteiger partial charge < -0.3 is 9.47 Å². The molecule has 0 aliphatic carbocycles. The van der Waals surface area contributed by atoms with E-state index in [4.69, 9.17) is 0 Å². The van der Waals surface area contributed by atoms with Gasteiger partial charge in [0.05, 0.1) is 6.20 Å². The molecule has 5 heteroatoms. The molecule has 0 saturated carbocycles. The van der Waals surface area contributed by atoms with Gasteiger partial charge in [-0.1, -0.05) is 13.8 Å². The van der Waals surface area contributed by atoms with E-state index in [2.05, 4.69) is 44.5 Å². The molecule has 0 spiro atoms. The van der Waals surface area contributed by atoms with E-state index < -0.39 is 0 Å². The van der Waals surface area contributed by atoms with E-state index >= 15 is 0 Å². The van der Waals surface area contributed by atoms with Crippen LogP contribution in [-0.4, -0.2) is 32.6 Å². The van der Waals surface area contributed by atoms with Crippen molar-refractivity contribution in [3.8, 4) is 0 Å². The Kier molecular flexibility index (Phi) is 3.19. The molecule has 0 atom stereocenters. The molecule has 3 rings (SSSR count). The van der Waals surface area contributed by atoms with Gasteiger partial charge in [-0.25, -0.2) is 9.97 Å². The first kappa shape index (κ1) is 12.1. The molecule has 3 heterocycles. The summed E-state index contributed by atoms with van der Waals surface area (Å²) in [7, 11) is 0. The second-order valence-electron chi connectivity index (χ2n) is 5.43. The molecule has 0 bridgehead atoms. The van der Waals surface area contributed by atoms with Crippen LogP contribution in [0.15, 0.2) is 31.0 Å². The maximum Gasteiger partial charge on any atom is 0.147 e. The van der Waals surface area contributed by atoms with Gasteiger partial charge in [0.2, 0.25) is 0 Å². The molecule has 19 heavy (non-hydrogen) atoms. The van der Waals surface area contributed by atoms with E-state index in [1.807, 2.05) is 12.4 Å². The minimum absolute atomic E-state index is 0.478. The van der Waals surface area contributed by atoms with Crippen molar-refractivity contribution in [3.63, 3.8) is 0 Å². The van der Waals surface area contributed by atoms with Crippen LogP contribution in [0.3, 0.4) is 0 Å². The number of imidazole rings is 1. The van der Waals surface area contributed by atoms with Gasteiger partial charge >= 0.3 is 0 Å². The molecule has 2 aromatic heterocycles. The van der Waals surface area contributed by atoms with Crippen LogP contribution in [-0.2, 0) is 6.54 Å². The Morgan fingerprint density at radius 3 is 2.74 bits per heavy atom. The number of rotatable bonds is 4. The molecular formula is C14H19N5. The number of hydrogen-bond donors (Lipinski definition) is 0. The summed E-state index contributed by atoms with van der Waals surface area (Å²) in [6.45, 7) is 7.52. The van der Waals surface area contributed by atoms with Crippen LogP contribution in [0.25, 0.3) is 0 Å². The predicted molar refractivity (Wildman–Crippen MR) is 74.1 cm³/mol. The summed E-state index contributed by atoms with van der Waals surface area (Å²) in [6.07, 6.45) is 9.26. The average Bonchev–Trinajstić information content (AvgIpc) is 2.82. The summed E-state index contributed by atoms with van der Waals surface area (Å²) in [5.41, 5.74) is 0. The zero-order valence-electron chi connectivity index (χ0n) is 11.4. The van der Waals surface area contributed by atoms with Crippen LogP contribution in [0.4, 0.5) is 5.82 Å². The van der Waals surface area contributed by atoms with Crippen molar-refractivity contribution in [2.24, 2.45) is 5.92 Å². The summed E-state index contributed by atoms with van der Waals surface area (Å²) >= 11 is 0. The first-order valence-corrected chi connectivity index (χ1v) is 6.76. The van der Waals surface area contributed by atoms with Crippen molar-refractivity contribution in [3.05, 3.63) is 36.8 Å². The topological polar surface area (TPSA) is 46.8 Å². The Morgan fingerprint density at radius 1 is 1.21 bits per heavy atom. The fraction of sp³-hybridized carbons (Fsp3) is 0.500. The average molecular weight is 257 g/mol. The van der Waals surface area contributed by atoms with Gasteiger partial charge in [-0.3, -0.25) is 4.98 Å². The zero-order chi connectivity index (χ0) is 13.2. The lowest BCUT2D eigenvalue weighted by Crippen LogP contribution is -2.49. The van der Waals surface area contributed by atoms with Crippen molar-refractivity contribution in [1.29, 1.82) is 0 Å². The molecule has 0 N–H and O–H groups in total. The third-order valence-corrected chi connectivity index (χ3v) is 3.55. The fourth-order valence-corrected chi connectivity index (χ4v) is 2.58. The highest BCUT2D eigenvalue weighted by atomic mass is 15.3. The van der Waals surface area contributed by atoms with Crippen molar-refractivity contribution in [2.45, 2.75) is 26.3 Å². The molecular weight excluding hydrogens is 238 g/mol. The second-order valence-corrected chi connectivity index (χ2v) is 5.43. The van der Waals surface area contributed by atoms with Crippen LogP contribution in [0, 0.1) is 5.92 Å². The van der Waals surface area contributed by atoms with Gasteiger partial charge in [-0.15, -0.1) is 0 Å². The molecule has 1 aliphatic rings. The first-order valence-electron chi connectivity index (χ1n) is 6.76. The number of anilines is 1. The van der Waals surface area contributed by atoms with Crippen LogP contribution >= 0.6 is 0 Å². The minimum atomic E-state index is 0.478. The summed E-state index contributed by atoms with van der Waals surface area (Å²) in [4.78, 5) is 15.1. The Bertz CT molecular complexity index is 528. The molecule has 100 valence electrons. The number of nitrogens with zero attached hydrogens (tertiary/aromatic N) is 5. The lowest BCUT2D eigenvalue weighted by atomic mass is 10.00. The Morgan fingerprint density at radius 2 is 2.05 bits per heavy atom. The SMILES string of the molecule is CC(C)c1nccn1CC1CN(c2cnccn2)C1. The molecule has 5 nitrogen and oxygen atoms in total. The van der Waals surface area contributed by atoms with Crippen molar-refractivity contribution >= 4 is 5.82 Å². The highest BCUT2D eigenvalue weighted by Crippen LogP contribution is 2.24. The van der Waals surface area contributed by atoms with Gasteiger partial charge in [0.25, 0.3) is 0 Å². The molecule has 0 amide bonds. The van der Waals surface area contributed by atoms with E-state index in [9.17, 15) is 0 Å². The van der Waals surface area contributed by atoms with E-state index in [0.29, 0.717) is 11.8 Å². The molecule has 1 fully saturated rings. The molecule has 0 unspecified atom stereocenters. The summed E-state index contributed by atoms with van der Waals surface area (Å²) in [6, 6.07) is 0. The fourth-order valence-electron chi connectivity index (χ4n) is 2.58. The van der Waals surface area contributed by atoms with Gasteiger partial charge in [0.1, 0.15) is 11.6 Å². The van der Waals surface area contributed by atoms with E-state index in [1.165, 1.54) is 5.82 Å². The van der Waals surface area contributed by atoms with Crippen molar-refractivity contribution < 1.29 is 0 Å². The molecule has 0 aromatic carbocycles. The third kappa shape index (κ3) is 2.45. The zero-order valence-corrected chi connectivity index (χ0v) is 11.4. The lowest BCUT2D eigenvalue weighted by Gasteiger charge is -2.40. The molecule has 1 saturated heterocycles. The van der Waals surface area contributed by atoms with Gasteiger partial charge in [0.15, 0.2) is 0 Å². The Labute approximate surface area is 113 Å². The highest BCUT2D eigenvalue weighted by molar-refractivity contribution is 5.38. The van der Waals surface area contributed by atoms with Crippen LogP contribution in [0.2, 0.25) is 0 Å². The van der Waals surface area contributed by atoms with Crippen LogP contribution in [0.1, 0.15) is 25.6 Å². The number of hydrogen-bond acceptors (Lipinski definition) is 4. The standard InChI is InChI=1S/C14H19N5/c1-11(2)14-17-5-6-18(14)8-12-9-19(10-12)13-7-15-3-4-16-13/h3-7,11-12H,8-10H2,1-2H3. The predicted octanol–water partition coefficient (Wildman–Crippen LogP) is 1.93. The van der Waals surface area contributed by atoms with Crippen molar-refractivity contribution in [1.82, 2.24) is 19.5 Å². The highest BCUT2D eigenvalue weighted by Gasteiger charge is 2.28. The maximum absolute atomic E-state index is 4.43. The molecule has 2 aromatic rings. The summed E-state index contributed by atoms with van der Waals surface area (Å²) < 4.78 is 2.28. The van der Waals surface area contributed by atoms with Crippen LogP contribution < -0.4 is 4.90 Å². The minimum Gasteiger partial charge on any atom is -0.355 e. The largest absolute Gasteiger partial charge is 0.355 e. The van der Waals surface area contributed by atoms with Crippen LogP contribution in [0.5, 0.6) is 0 Å².